The molecule has 0 N–H and O–H groups in total. The number of rotatable bonds is 3. The van der Waals surface area contributed by atoms with Gasteiger partial charge in [0.05, 0.1) is 16.6 Å². The van der Waals surface area contributed by atoms with E-state index in [0.29, 0.717) is 18.1 Å². The summed E-state index contributed by atoms with van der Waals surface area (Å²) in [6, 6.07) is 16.6. The van der Waals surface area contributed by atoms with Gasteiger partial charge in [-0.2, -0.15) is 4.98 Å². The molecular formula is C17H13N3OS. The van der Waals surface area contributed by atoms with Gasteiger partial charge in [0.15, 0.2) is 5.82 Å². The summed E-state index contributed by atoms with van der Waals surface area (Å²) in [5.41, 5.74) is 3.33. The molecule has 0 bridgehead atoms. The molecular weight excluding hydrogens is 294 g/mol. The molecule has 0 aliphatic heterocycles. The number of aryl methyl sites for hydroxylation is 1. The Labute approximate surface area is 131 Å². The summed E-state index contributed by atoms with van der Waals surface area (Å²) in [5, 5.41) is 4.85. The van der Waals surface area contributed by atoms with E-state index in [-0.39, 0.29) is 0 Å². The molecule has 0 fully saturated rings. The van der Waals surface area contributed by atoms with Crippen molar-refractivity contribution in [1.82, 2.24) is 15.1 Å². The van der Waals surface area contributed by atoms with Crippen LogP contribution in [0.1, 0.15) is 17.3 Å². The lowest BCUT2D eigenvalue weighted by molar-refractivity contribution is 0.381. The fourth-order valence-corrected chi connectivity index (χ4v) is 3.32. The van der Waals surface area contributed by atoms with Gasteiger partial charge in [-0.1, -0.05) is 41.6 Å². The Kier molecular flexibility index (Phi) is 3.20. The fourth-order valence-electron chi connectivity index (χ4n) is 2.35. The minimum atomic E-state index is 0.644. The highest BCUT2D eigenvalue weighted by Crippen LogP contribution is 2.30. The van der Waals surface area contributed by atoms with Crippen molar-refractivity contribution in [2.75, 3.05) is 0 Å². The van der Waals surface area contributed by atoms with Gasteiger partial charge >= 0.3 is 0 Å². The molecule has 0 radical (unpaired) electrons. The minimum absolute atomic E-state index is 0.644. The molecule has 108 valence electrons. The van der Waals surface area contributed by atoms with E-state index >= 15 is 0 Å². The van der Waals surface area contributed by atoms with Gasteiger partial charge < -0.3 is 4.52 Å². The number of aromatic nitrogens is 3. The lowest BCUT2D eigenvalue weighted by Crippen LogP contribution is -1.88. The van der Waals surface area contributed by atoms with Gasteiger partial charge in [0.1, 0.15) is 5.01 Å². The van der Waals surface area contributed by atoms with Crippen LogP contribution in [0.3, 0.4) is 0 Å². The standard InChI is InChI=1S/C17H13N3OS/c1-11-18-16(21-20-11)10-12-6-8-13(9-7-12)17-19-14-4-2-3-5-15(14)22-17/h2-9H,10H2,1H3. The zero-order chi connectivity index (χ0) is 14.9. The van der Waals surface area contributed by atoms with E-state index in [0.717, 1.165) is 21.7 Å². The van der Waals surface area contributed by atoms with Gasteiger partial charge in [-0.05, 0) is 24.6 Å². The first kappa shape index (κ1) is 13.2. The summed E-state index contributed by atoms with van der Waals surface area (Å²) in [7, 11) is 0. The summed E-state index contributed by atoms with van der Waals surface area (Å²) < 4.78 is 6.36. The third kappa shape index (κ3) is 2.51. The first-order valence-electron chi connectivity index (χ1n) is 7.02. The molecule has 0 aliphatic carbocycles. The Morgan fingerprint density at radius 1 is 1.00 bits per heavy atom. The Morgan fingerprint density at radius 3 is 2.55 bits per heavy atom. The molecule has 2 heterocycles. The van der Waals surface area contributed by atoms with E-state index in [2.05, 4.69) is 45.5 Å². The molecule has 0 aliphatic rings. The van der Waals surface area contributed by atoms with Gasteiger partial charge in [0.2, 0.25) is 5.89 Å². The van der Waals surface area contributed by atoms with Crippen LogP contribution < -0.4 is 0 Å². The van der Waals surface area contributed by atoms with Crippen molar-refractivity contribution in [2.45, 2.75) is 13.3 Å². The molecule has 2 aromatic heterocycles. The quantitative estimate of drug-likeness (QED) is 0.568. The summed E-state index contributed by atoms with van der Waals surface area (Å²) in [5.74, 6) is 1.31. The second-order valence-electron chi connectivity index (χ2n) is 5.10. The predicted octanol–water partition coefficient (Wildman–Crippen LogP) is 4.25. The second-order valence-corrected chi connectivity index (χ2v) is 6.13. The van der Waals surface area contributed by atoms with Crippen molar-refractivity contribution in [3.63, 3.8) is 0 Å². The Bertz CT molecular complexity index is 891. The van der Waals surface area contributed by atoms with Crippen molar-refractivity contribution in [1.29, 1.82) is 0 Å². The Balaban J connectivity index is 1.61. The first-order valence-corrected chi connectivity index (χ1v) is 7.84. The number of benzene rings is 2. The Hall–Kier alpha value is -2.53. The first-order chi connectivity index (χ1) is 10.8. The minimum Gasteiger partial charge on any atom is -0.339 e. The van der Waals surface area contributed by atoms with E-state index < -0.39 is 0 Å². The molecule has 0 amide bonds. The number of hydrogen-bond donors (Lipinski definition) is 0. The van der Waals surface area contributed by atoms with Crippen LogP contribution >= 0.6 is 11.3 Å². The van der Waals surface area contributed by atoms with Crippen LogP contribution in [0.2, 0.25) is 0 Å². The maximum absolute atomic E-state index is 5.15. The molecule has 0 atom stereocenters. The smallest absolute Gasteiger partial charge is 0.231 e. The zero-order valence-electron chi connectivity index (χ0n) is 12.0. The molecule has 22 heavy (non-hydrogen) atoms. The molecule has 5 heteroatoms. The van der Waals surface area contributed by atoms with Crippen molar-refractivity contribution in [3.8, 4) is 10.6 Å². The molecule has 4 nitrogen and oxygen atoms in total. The van der Waals surface area contributed by atoms with E-state index in [1.165, 1.54) is 4.70 Å². The zero-order valence-corrected chi connectivity index (χ0v) is 12.8. The number of thiazole rings is 1. The number of hydrogen-bond acceptors (Lipinski definition) is 5. The summed E-state index contributed by atoms with van der Waals surface area (Å²) in [6.45, 7) is 1.82. The van der Waals surface area contributed by atoms with Gasteiger partial charge in [-0.15, -0.1) is 11.3 Å². The van der Waals surface area contributed by atoms with Crippen LogP contribution in [0.25, 0.3) is 20.8 Å². The largest absolute Gasteiger partial charge is 0.339 e. The van der Waals surface area contributed by atoms with Crippen molar-refractivity contribution in [2.24, 2.45) is 0 Å². The number of para-hydroxylation sites is 1. The van der Waals surface area contributed by atoms with E-state index in [1.54, 1.807) is 11.3 Å². The lowest BCUT2D eigenvalue weighted by Gasteiger charge is -1.99. The van der Waals surface area contributed by atoms with Gasteiger partial charge in [-0.3, -0.25) is 0 Å². The molecule has 0 saturated carbocycles. The maximum Gasteiger partial charge on any atom is 0.231 e. The van der Waals surface area contributed by atoms with Crippen LogP contribution in [-0.2, 0) is 6.42 Å². The van der Waals surface area contributed by atoms with Crippen molar-refractivity contribution >= 4 is 21.6 Å². The topological polar surface area (TPSA) is 51.8 Å². The highest BCUT2D eigenvalue weighted by atomic mass is 32.1. The van der Waals surface area contributed by atoms with Crippen LogP contribution in [-0.4, -0.2) is 15.1 Å². The average Bonchev–Trinajstić information content (AvgIpc) is 3.14. The predicted molar refractivity (Wildman–Crippen MR) is 86.9 cm³/mol. The highest BCUT2D eigenvalue weighted by Gasteiger charge is 2.07. The van der Waals surface area contributed by atoms with E-state index in [9.17, 15) is 0 Å². The molecule has 2 aromatic carbocycles. The van der Waals surface area contributed by atoms with Crippen LogP contribution in [0.15, 0.2) is 53.1 Å². The second kappa shape index (κ2) is 5.35. The number of nitrogens with zero attached hydrogens (tertiary/aromatic N) is 3. The highest BCUT2D eigenvalue weighted by molar-refractivity contribution is 7.21. The fraction of sp³-hybridized carbons (Fsp3) is 0.118. The normalized spacial score (nSPS) is 11.1. The van der Waals surface area contributed by atoms with E-state index in [4.69, 9.17) is 4.52 Å². The van der Waals surface area contributed by atoms with Crippen LogP contribution in [0.4, 0.5) is 0 Å². The van der Waals surface area contributed by atoms with Gasteiger partial charge in [0, 0.05) is 5.56 Å². The van der Waals surface area contributed by atoms with Crippen molar-refractivity contribution in [3.05, 3.63) is 65.8 Å². The molecule has 0 unspecified atom stereocenters. The maximum atomic E-state index is 5.15. The average molecular weight is 307 g/mol. The summed E-state index contributed by atoms with van der Waals surface area (Å²) in [4.78, 5) is 8.90. The lowest BCUT2D eigenvalue weighted by atomic mass is 10.1. The molecule has 4 aromatic rings. The third-order valence-electron chi connectivity index (χ3n) is 3.42. The number of fused-ring (bicyclic) bond motifs is 1. The van der Waals surface area contributed by atoms with Crippen LogP contribution in [0, 0.1) is 6.92 Å². The van der Waals surface area contributed by atoms with Gasteiger partial charge in [-0.25, -0.2) is 4.98 Å². The molecule has 0 saturated heterocycles. The third-order valence-corrected chi connectivity index (χ3v) is 4.51. The van der Waals surface area contributed by atoms with Crippen molar-refractivity contribution < 1.29 is 4.52 Å². The summed E-state index contributed by atoms with van der Waals surface area (Å²) in [6.07, 6.45) is 0.654. The van der Waals surface area contributed by atoms with Crippen LogP contribution in [0.5, 0.6) is 0 Å². The summed E-state index contributed by atoms with van der Waals surface area (Å²) >= 11 is 1.71. The van der Waals surface area contributed by atoms with Gasteiger partial charge in [0.25, 0.3) is 0 Å². The molecule has 4 rings (SSSR count). The molecule has 0 spiro atoms. The monoisotopic (exact) mass is 307 g/mol. The Morgan fingerprint density at radius 2 is 1.82 bits per heavy atom. The van der Waals surface area contributed by atoms with E-state index in [1.807, 2.05) is 25.1 Å². The SMILES string of the molecule is Cc1noc(Cc2ccc(-c3nc4ccccc4s3)cc2)n1.